The third kappa shape index (κ3) is 2.17. The summed E-state index contributed by atoms with van der Waals surface area (Å²) in [5.41, 5.74) is 7.55. The molecule has 0 aliphatic carbocycles. The smallest absolute Gasteiger partial charge is 0.124 e. The van der Waals surface area contributed by atoms with Crippen molar-refractivity contribution in [2.45, 2.75) is 25.9 Å². The Bertz CT molecular complexity index is 607. The molecule has 2 aromatic carbocycles. The van der Waals surface area contributed by atoms with Crippen LogP contribution in [0.2, 0.25) is 0 Å². The zero-order chi connectivity index (χ0) is 14.1. The van der Waals surface area contributed by atoms with Gasteiger partial charge in [0.1, 0.15) is 12.4 Å². The van der Waals surface area contributed by atoms with Crippen LogP contribution in [0.5, 0.6) is 5.75 Å². The first kappa shape index (κ1) is 13.4. The second kappa shape index (κ2) is 5.43. The molecule has 0 fully saturated rings. The lowest BCUT2D eigenvalue weighted by molar-refractivity contribution is 0.129. The average Bonchev–Trinajstić information content (AvgIpc) is 2.48. The molecule has 0 bridgehead atoms. The Morgan fingerprint density at radius 3 is 2.45 bits per heavy atom. The van der Waals surface area contributed by atoms with Gasteiger partial charge in [-0.3, -0.25) is 4.90 Å². The van der Waals surface area contributed by atoms with Crippen LogP contribution in [0.1, 0.15) is 25.5 Å². The van der Waals surface area contributed by atoms with Crippen LogP contribution in [0, 0.1) is 0 Å². The van der Waals surface area contributed by atoms with E-state index >= 15 is 0 Å². The summed E-state index contributed by atoms with van der Waals surface area (Å²) in [5, 5.41) is 2.47. The van der Waals surface area contributed by atoms with Crippen molar-refractivity contribution in [2.75, 3.05) is 19.7 Å². The summed E-state index contributed by atoms with van der Waals surface area (Å²) < 4.78 is 5.86. The minimum absolute atomic E-state index is 0.0311. The SMILES string of the molecule is CCN(CC)C1c2cc3ccccc3cc2OCC1N. The van der Waals surface area contributed by atoms with E-state index in [-0.39, 0.29) is 12.1 Å². The molecule has 1 heterocycles. The zero-order valence-corrected chi connectivity index (χ0v) is 12.2. The first-order valence-corrected chi connectivity index (χ1v) is 7.39. The normalized spacial score (nSPS) is 21.8. The minimum atomic E-state index is 0.0311. The van der Waals surface area contributed by atoms with Crippen molar-refractivity contribution in [3.63, 3.8) is 0 Å². The maximum absolute atomic E-state index is 6.32. The molecule has 3 nitrogen and oxygen atoms in total. The van der Waals surface area contributed by atoms with E-state index < -0.39 is 0 Å². The Hall–Kier alpha value is -1.58. The van der Waals surface area contributed by atoms with Gasteiger partial charge >= 0.3 is 0 Å². The first-order chi connectivity index (χ1) is 9.74. The minimum Gasteiger partial charge on any atom is -0.492 e. The quantitative estimate of drug-likeness (QED) is 0.932. The summed E-state index contributed by atoms with van der Waals surface area (Å²) in [6.07, 6.45) is 0. The standard InChI is InChI=1S/C17H22N2O/c1-3-19(4-2)17-14-9-12-7-5-6-8-13(12)10-16(14)20-11-15(17)18/h5-10,15,17H,3-4,11,18H2,1-2H3. The van der Waals surface area contributed by atoms with E-state index in [0.717, 1.165) is 18.8 Å². The molecule has 2 N–H and O–H groups in total. The molecule has 0 spiro atoms. The summed E-state index contributed by atoms with van der Waals surface area (Å²) in [6.45, 7) is 6.97. The van der Waals surface area contributed by atoms with E-state index in [0.29, 0.717) is 6.61 Å². The van der Waals surface area contributed by atoms with Gasteiger partial charge in [-0.05, 0) is 36.0 Å². The molecule has 20 heavy (non-hydrogen) atoms. The Kier molecular flexibility index (Phi) is 3.64. The van der Waals surface area contributed by atoms with Crippen molar-refractivity contribution in [1.29, 1.82) is 0 Å². The van der Waals surface area contributed by atoms with Crippen LogP contribution in [-0.4, -0.2) is 30.6 Å². The van der Waals surface area contributed by atoms with Gasteiger partial charge in [-0.25, -0.2) is 0 Å². The number of likely N-dealkylation sites (N-methyl/N-ethyl adjacent to an activating group) is 1. The average molecular weight is 270 g/mol. The first-order valence-electron chi connectivity index (χ1n) is 7.39. The highest BCUT2D eigenvalue weighted by Crippen LogP contribution is 2.38. The molecule has 106 valence electrons. The van der Waals surface area contributed by atoms with Crippen LogP contribution >= 0.6 is 0 Å². The highest BCUT2D eigenvalue weighted by molar-refractivity contribution is 5.85. The van der Waals surface area contributed by atoms with Gasteiger partial charge in [0.15, 0.2) is 0 Å². The van der Waals surface area contributed by atoms with Gasteiger partial charge < -0.3 is 10.5 Å². The zero-order valence-electron chi connectivity index (χ0n) is 12.2. The Balaban J connectivity index is 2.13. The predicted molar refractivity (Wildman–Crippen MR) is 83.1 cm³/mol. The summed E-state index contributed by atoms with van der Waals surface area (Å²) in [6, 6.07) is 13.1. The van der Waals surface area contributed by atoms with Crippen LogP contribution in [0.15, 0.2) is 36.4 Å². The van der Waals surface area contributed by atoms with E-state index in [4.69, 9.17) is 10.5 Å². The summed E-state index contributed by atoms with van der Waals surface area (Å²) in [7, 11) is 0. The summed E-state index contributed by atoms with van der Waals surface area (Å²) in [4.78, 5) is 2.42. The molecule has 0 saturated carbocycles. The van der Waals surface area contributed by atoms with E-state index in [1.807, 2.05) is 0 Å². The third-order valence-electron chi connectivity index (χ3n) is 4.24. The number of rotatable bonds is 3. The van der Waals surface area contributed by atoms with Crippen molar-refractivity contribution in [2.24, 2.45) is 5.73 Å². The fourth-order valence-electron chi connectivity index (χ4n) is 3.19. The second-order valence-electron chi connectivity index (χ2n) is 5.38. The molecule has 0 amide bonds. The van der Waals surface area contributed by atoms with E-state index in [1.165, 1.54) is 16.3 Å². The van der Waals surface area contributed by atoms with E-state index in [2.05, 4.69) is 55.1 Å². The van der Waals surface area contributed by atoms with Crippen LogP contribution in [-0.2, 0) is 0 Å². The molecule has 2 unspecified atom stereocenters. The number of fused-ring (bicyclic) bond motifs is 2. The Labute approximate surface area is 120 Å². The number of nitrogens with zero attached hydrogens (tertiary/aromatic N) is 1. The predicted octanol–water partition coefficient (Wildman–Crippen LogP) is 2.94. The molecule has 0 aromatic heterocycles. The lowest BCUT2D eigenvalue weighted by Gasteiger charge is -2.38. The summed E-state index contributed by atoms with van der Waals surface area (Å²) >= 11 is 0. The van der Waals surface area contributed by atoms with Gasteiger partial charge in [-0.15, -0.1) is 0 Å². The lowest BCUT2D eigenvalue weighted by Crippen LogP contribution is -2.46. The summed E-state index contributed by atoms with van der Waals surface area (Å²) in [5.74, 6) is 0.988. The van der Waals surface area contributed by atoms with Crippen LogP contribution < -0.4 is 10.5 Å². The molecule has 3 heteroatoms. The van der Waals surface area contributed by atoms with Crippen molar-refractivity contribution in [3.05, 3.63) is 42.0 Å². The second-order valence-corrected chi connectivity index (χ2v) is 5.38. The monoisotopic (exact) mass is 270 g/mol. The molecule has 0 saturated heterocycles. The highest BCUT2D eigenvalue weighted by atomic mass is 16.5. The molecular weight excluding hydrogens is 248 g/mol. The molecule has 0 radical (unpaired) electrons. The number of benzene rings is 2. The third-order valence-corrected chi connectivity index (χ3v) is 4.24. The van der Waals surface area contributed by atoms with Crippen LogP contribution in [0.25, 0.3) is 10.8 Å². The lowest BCUT2D eigenvalue weighted by atomic mass is 9.92. The number of ether oxygens (including phenoxy) is 1. The molecule has 2 aromatic rings. The van der Waals surface area contributed by atoms with Crippen molar-refractivity contribution < 1.29 is 4.74 Å². The van der Waals surface area contributed by atoms with Crippen LogP contribution in [0.4, 0.5) is 0 Å². The topological polar surface area (TPSA) is 38.5 Å². The molecular formula is C17H22N2O. The van der Waals surface area contributed by atoms with Gasteiger partial charge in [-0.2, -0.15) is 0 Å². The molecule has 1 aliphatic rings. The maximum atomic E-state index is 6.32. The number of hydrogen-bond donors (Lipinski definition) is 1. The van der Waals surface area contributed by atoms with Crippen molar-refractivity contribution >= 4 is 10.8 Å². The molecule has 1 aliphatic heterocycles. The van der Waals surface area contributed by atoms with Crippen molar-refractivity contribution in [3.8, 4) is 5.75 Å². The Morgan fingerprint density at radius 1 is 1.15 bits per heavy atom. The van der Waals surface area contributed by atoms with Gasteiger partial charge in [0, 0.05) is 5.56 Å². The fraction of sp³-hybridized carbons (Fsp3) is 0.412. The van der Waals surface area contributed by atoms with E-state index in [9.17, 15) is 0 Å². The molecule has 2 atom stereocenters. The van der Waals surface area contributed by atoms with E-state index in [1.54, 1.807) is 0 Å². The highest BCUT2D eigenvalue weighted by Gasteiger charge is 2.32. The number of hydrogen-bond acceptors (Lipinski definition) is 3. The van der Waals surface area contributed by atoms with Gasteiger partial charge in [0.25, 0.3) is 0 Å². The van der Waals surface area contributed by atoms with Gasteiger partial charge in [0.05, 0.1) is 12.1 Å². The molecule has 3 rings (SSSR count). The van der Waals surface area contributed by atoms with Gasteiger partial charge in [0.2, 0.25) is 0 Å². The van der Waals surface area contributed by atoms with Crippen molar-refractivity contribution in [1.82, 2.24) is 4.90 Å². The van der Waals surface area contributed by atoms with Crippen LogP contribution in [0.3, 0.4) is 0 Å². The largest absolute Gasteiger partial charge is 0.492 e. The fourth-order valence-corrected chi connectivity index (χ4v) is 3.19. The number of nitrogens with two attached hydrogens (primary N) is 1. The Morgan fingerprint density at radius 2 is 1.80 bits per heavy atom. The maximum Gasteiger partial charge on any atom is 0.124 e. The van der Waals surface area contributed by atoms with Gasteiger partial charge in [-0.1, -0.05) is 38.1 Å².